The van der Waals surface area contributed by atoms with Crippen molar-refractivity contribution < 1.29 is 27.5 Å². The zero-order valence-electron chi connectivity index (χ0n) is 11.4. The second-order valence-corrected chi connectivity index (χ2v) is 5.27. The van der Waals surface area contributed by atoms with Crippen LogP contribution >= 0.6 is 0 Å². The molecular formula is C14H15F4NO2. The molecule has 1 aromatic rings. The predicted octanol–water partition coefficient (Wildman–Crippen LogP) is 3.54. The van der Waals surface area contributed by atoms with Crippen molar-refractivity contribution in [2.75, 3.05) is 18.0 Å². The number of hydrogen-bond acceptors (Lipinski definition) is 2. The zero-order valence-corrected chi connectivity index (χ0v) is 11.4. The van der Waals surface area contributed by atoms with E-state index in [2.05, 4.69) is 0 Å². The number of carbonyl (C=O) groups is 1. The lowest BCUT2D eigenvalue weighted by Gasteiger charge is -2.24. The summed E-state index contributed by atoms with van der Waals surface area (Å²) in [5, 5.41) is 9.28. The van der Waals surface area contributed by atoms with Gasteiger partial charge in [-0.1, -0.05) is 6.92 Å². The van der Waals surface area contributed by atoms with Gasteiger partial charge in [-0.25, -0.2) is 4.39 Å². The minimum Gasteiger partial charge on any atom is -0.481 e. The van der Waals surface area contributed by atoms with E-state index in [4.69, 9.17) is 0 Å². The van der Waals surface area contributed by atoms with Crippen LogP contribution in [0.25, 0.3) is 0 Å². The van der Waals surface area contributed by atoms with E-state index in [1.165, 1.54) is 4.90 Å². The minimum atomic E-state index is -4.60. The van der Waals surface area contributed by atoms with E-state index in [9.17, 15) is 27.5 Å². The molecule has 7 heteroatoms. The van der Waals surface area contributed by atoms with Crippen LogP contribution in [0.15, 0.2) is 18.2 Å². The van der Waals surface area contributed by atoms with Crippen molar-refractivity contribution in [1.29, 1.82) is 0 Å². The quantitative estimate of drug-likeness (QED) is 0.868. The Labute approximate surface area is 119 Å². The molecule has 1 saturated heterocycles. The fourth-order valence-corrected chi connectivity index (χ4v) is 2.63. The first-order chi connectivity index (χ1) is 9.69. The second kappa shape index (κ2) is 5.20. The first-order valence-corrected chi connectivity index (χ1v) is 6.55. The minimum absolute atomic E-state index is 0.0135. The molecule has 0 radical (unpaired) electrons. The standard InChI is InChI=1S/C14H15F4NO2/c1-2-13(12(20)21)5-6-19(8-13)11-4-3-9(7-10(11)15)14(16,17)18/h3-4,7H,2,5-6,8H2,1H3,(H,20,21). The molecule has 116 valence electrons. The average molecular weight is 305 g/mol. The Hall–Kier alpha value is -1.79. The number of carboxylic acid groups (broad SMARTS) is 1. The molecule has 3 nitrogen and oxygen atoms in total. The van der Waals surface area contributed by atoms with Gasteiger partial charge in [0.05, 0.1) is 16.7 Å². The van der Waals surface area contributed by atoms with Gasteiger partial charge in [0.2, 0.25) is 0 Å². The van der Waals surface area contributed by atoms with Crippen molar-refractivity contribution >= 4 is 11.7 Å². The van der Waals surface area contributed by atoms with E-state index in [0.717, 1.165) is 12.1 Å². The molecule has 0 amide bonds. The summed E-state index contributed by atoms with van der Waals surface area (Å²) in [7, 11) is 0. The van der Waals surface area contributed by atoms with E-state index in [-0.39, 0.29) is 12.2 Å². The maximum atomic E-state index is 13.9. The number of anilines is 1. The maximum absolute atomic E-state index is 13.9. The molecule has 0 saturated carbocycles. The molecule has 0 aromatic heterocycles. The number of nitrogens with zero attached hydrogens (tertiary/aromatic N) is 1. The van der Waals surface area contributed by atoms with Crippen LogP contribution in [0.5, 0.6) is 0 Å². The molecule has 1 aliphatic heterocycles. The molecule has 1 atom stereocenters. The molecule has 1 heterocycles. The first kappa shape index (κ1) is 15.6. The highest BCUT2D eigenvalue weighted by molar-refractivity contribution is 5.76. The van der Waals surface area contributed by atoms with Gasteiger partial charge >= 0.3 is 12.1 Å². The number of carboxylic acids is 1. The summed E-state index contributed by atoms with van der Waals surface area (Å²) in [5.74, 6) is -1.94. The van der Waals surface area contributed by atoms with Gasteiger partial charge in [-0.3, -0.25) is 4.79 Å². The molecule has 1 fully saturated rings. The SMILES string of the molecule is CCC1(C(=O)O)CCN(c2ccc(C(F)(F)F)cc2F)C1. The molecular weight excluding hydrogens is 290 g/mol. The van der Waals surface area contributed by atoms with Gasteiger partial charge in [-0.15, -0.1) is 0 Å². The van der Waals surface area contributed by atoms with Gasteiger partial charge in [-0.2, -0.15) is 13.2 Å². The Morgan fingerprint density at radius 1 is 1.43 bits per heavy atom. The van der Waals surface area contributed by atoms with Gasteiger partial charge in [0, 0.05) is 13.1 Å². The topological polar surface area (TPSA) is 40.5 Å². The number of halogens is 4. The smallest absolute Gasteiger partial charge is 0.416 e. The van der Waals surface area contributed by atoms with Crippen molar-refractivity contribution in [3.05, 3.63) is 29.6 Å². The van der Waals surface area contributed by atoms with Crippen LogP contribution in [-0.4, -0.2) is 24.2 Å². The fourth-order valence-electron chi connectivity index (χ4n) is 2.63. The third-order valence-corrected chi connectivity index (χ3v) is 4.10. The number of aliphatic carboxylic acids is 1. The predicted molar refractivity (Wildman–Crippen MR) is 68.6 cm³/mol. The summed E-state index contributed by atoms with van der Waals surface area (Å²) < 4.78 is 51.4. The number of alkyl halides is 3. The van der Waals surface area contributed by atoms with Crippen LogP contribution in [-0.2, 0) is 11.0 Å². The first-order valence-electron chi connectivity index (χ1n) is 6.55. The van der Waals surface area contributed by atoms with Crippen LogP contribution in [0, 0.1) is 11.2 Å². The summed E-state index contributed by atoms with van der Waals surface area (Å²) in [6.45, 7) is 2.14. The molecule has 1 aromatic carbocycles. The highest BCUT2D eigenvalue weighted by Gasteiger charge is 2.44. The lowest BCUT2D eigenvalue weighted by Crippen LogP contribution is -2.34. The van der Waals surface area contributed by atoms with Crippen LogP contribution in [0.3, 0.4) is 0 Å². The van der Waals surface area contributed by atoms with Crippen LogP contribution in [0.1, 0.15) is 25.3 Å². The van der Waals surface area contributed by atoms with Gasteiger partial charge in [0.25, 0.3) is 0 Å². The molecule has 0 aliphatic carbocycles. The molecule has 1 unspecified atom stereocenters. The Balaban J connectivity index is 2.27. The van der Waals surface area contributed by atoms with Crippen molar-refractivity contribution in [3.8, 4) is 0 Å². The lowest BCUT2D eigenvalue weighted by molar-refractivity contribution is -0.147. The zero-order chi connectivity index (χ0) is 15.8. The van der Waals surface area contributed by atoms with Gasteiger partial charge < -0.3 is 10.0 Å². The van der Waals surface area contributed by atoms with E-state index in [1.807, 2.05) is 0 Å². The van der Waals surface area contributed by atoms with Crippen molar-refractivity contribution in [2.45, 2.75) is 25.9 Å². The Morgan fingerprint density at radius 2 is 2.10 bits per heavy atom. The highest BCUT2D eigenvalue weighted by Crippen LogP contribution is 2.39. The fraction of sp³-hybridized carbons (Fsp3) is 0.500. The monoisotopic (exact) mass is 305 g/mol. The third-order valence-electron chi connectivity index (χ3n) is 4.10. The number of rotatable bonds is 3. The number of benzene rings is 1. The van der Waals surface area contributed by atoms with E-state index >= 15 is 0 Å². The molecule has 0 bridgehead atoms. The van der Waals surface area contributed by atoms with Crippen molar-refractivity contribution in [3.63, 3.8) is 0 Å². The average Bonchev–Trinajstić information content (AvgIpc) is 2.83. The van der Waals surface area contributed by atoms with E-state index in [1.54, 1.807) is 6.92 Å². The summed E-state index contributed by atoms with van der Waals surface area (Å²) in [6, 6.07) is 2.32. The largest absolute Gasteiger partial charge is 0.481 e. The molecule has 0 spiro atoms. The summed E-state index contributed by atoms with van der Waals surface area (Å²) >= 11 is 0. The van der Waals surface area contributed by atoms with Crippen LogP contribution in [0.2, 0.25) is 0 Å². The molecule has 21 heavy (non-hydrogen) atoms. The van der Waals surface area contributed by atoms with E-state index in [0.29, 0.717) is 25.5 Å². The molecule has 1 aliphatic rings. The Morgan fingerprint density at radius 3 is 2.52 bits per heavy atom. The second-order valence-electron chi connectivity index (χ2n) is 5.27. The van der Waals surface area contributed by atoms with Crippen LogP contribution < -0.4 is 4.90 Å². The maximum Gasteiger partial charge on any atom is 0.416 e. The Bertz CT molecular complexity index is 558. The van der Waals surface area contributed by atoms with E-state index < -0.39 is 28.9 Å². The van der Waals surface area contributed by atoms with Crippen molar-refractivity contribution in [2.24, 2.45) is 5.41 Å². The highest BCUT2D eigenvalue weighted by atomic mass is 19.4. The molecule has 1 N–H and O–H groups in total. The van der Waals surface area contributed by atoms with Gasteiger partial charge in [0.1, 0.15) is 5.82 Å². The van der Waals surface area contributed by atoms with Gasteiger partial charge in [0.15, 0.2) is 0 Å². The lowest BCUT2D eigenvalue weighted by atomic mass is 9.84. The summed E-state index contributed by atoms with van der Waals surface area (Å²) in [6.07, 6.45) is -3.86. The van der Waals surface area contributed by atoms with Crippen LogP contribution in [0.4, 0.5) is 23.2 Å². The van der Waals surface area contributed by atoms with Gasteiger partial charge in [-0.05, 0) is 31.0 Å². The number of hydrogen-bond donors (Lipinski definition) is 1. The Kier molecular flexibility index (Phi) is 3.86. The normalized spacial score (nSPS) is 22.6. The summed E-state index contributed by atoms with van der Waals surface area (Å²) in [4.78, 5) is 12.8. The summed E-state index contributed by atoms with van der Waals surface area (Å²) in [5.41, 5.74) is -2.00. The molecule has 2 rings (SSSR count). The van der Waals surface area contributed by atoms with Crippen molar-refractivity contribution in [1.82, 2.24) is 0 Å². The third kappa shape index (κ3) is 2.82.